The zero-order valence-electron chi connectivity index (χ0n) is 25.8. The van der Waals surface area contributed by atoms with Crippen molar-refractivity contribution in [2.45, 2.75) is 22.9 Å². The van der Waals surface area contributed by atoms with Crippen LogP contribution in [0.3, 0.4) is 0 Å². The normalized spacial score (nSPS) is 13.8. The third-order valence-corrected chi connectivity index (χ3v) is 14.8. The smallest absolute Gasteiger partial charge is 0.145 e. The molecule has 0 amide bonds. The molecule has 0 atom stereocenters. The van der Waals surface area contributed by atoms with Crippen molar-refractivity contribution in [2.75, 3.05) is 0 Å². The molecule has 1 aliphatic heterocycles. The lowest BCUT2D eigenvalue weighted by Gasteiger charge is -2.33. The summed E-state index contributed by atoms with van der Waals surface area (Å²) >= 11 is 1.90. The van der Waals surface area contributed by atoms with E-state index in [1.807, 2.05) is 42.5 Å². The van der Waals surface area contributed by atoms with Gasteiger partial charge in [0.25, 0.3) is 0 Å². The van der Waals surface area contributed by atoms with Gasteiger partial charge < -0.3 is 4.74 Å². The number of fused-ring (bicyclic) bond motifs is 11. The van der Waals surface area contributed by atoms with Crippen LogP contribution in [0.5, 0.6) is 11.5 Å². The van der Waals surface area contributed by atoms with Gasteiger partial charge >= 0.3 is 0 Å². The first kappa shape index (κ1) is 26.8. The van der Waals surface area contributed by atoms with Gasteiger partial charge in [0.15, 0.2) is 0 Å². The lowest BCUT2D eigenvalue weighted by atomic mass is 10.1. The molecule has 4 aromatic heterocycles. The van der Waals surface area contributed by atoms with Crippen LogP contribution >= 0.6 is 11.8 Å². The van der Waals surface area contributed by atoms with E-state index < -0.39 is 8.07 Å². The first-order chi connectivity index (χ1) is 23.0. The highest BCUT2D eigenvalue weighted by Gasteiger charge is 2.36. The molecule has 0 unspecified atom stereocenters. The SMILES string of the molecule is C[Si]1(C)c2ccccc2Sc2cc3c4cccnc4n(-c4cccc(Oc5ccc6c7ccccc7n7ccnc7c6c5)c4)c3cc21. The first-order valence-electron chi connectivity index (χ1n) is 15.8. The second-order valence-corrected chi connectivity index (χ2v) is 18.2. The third kappa shape index (κ3) is 3.90. The predicted octanol–water partition coefficient (Wildman–Crippen LogP) is 9.21. The van der Waals surface area contributed by atoms with Crippen LogP contribution in [-0.2, 0) is 0 Å². The standard InChI is InChI=1S/C40H28N4OSSi/c1-47(2)37-15-6-5-14-35(37)46-36-23-31-30-12-8-18-41-40(30)44(34(31)24-38(36)47)25-9-7-10-26(21-25)45-27-16-17-28-29-11-3-4-13-33(29)43-20-19-42-39(43)32(28)22-27/h3-24H,1-2H3. The Morgan fingerprint density at radius 3 is 2.36 bits per heavy atom. The Morgan fingerprint density at radius 2 is 1.40 bits per heavy atom. The number of benzene rings is 5. The van der Waals surface area contributed by atoms with E-state index in [-0.39, 0.29) is 0 Å². The van der Waals surface area contributed by atoms with Gasteiger partial charge in [0, 0.05) is 56.0 Å². The summed E-state index contributed by atoms with van der Waals surface area (Å²) in [6, 6.07) is 41.1. The minimum absolute atomic E-state index is 0.769. The summed E-state index contributed by atoms with van der Waals surface area (Å²) in [5, 5.41) is 8.76. The average molecular weight is 641 g/mol. The number of pyridine rings is 2. The summed E-state index contributed by atoms with van der Waals surface area (Å²) in [7, 11) is -1.92. The van der Waals surface area contributed by atoms with E-state index in [2.05, 4.69) is 125 Å². The Balaban J connectivity index is 1.11. The molecule has 0 bridgehead atoms. The van der Waals surface area contributed by atoms with Gasteiger partial charge in [-0.3, -0.25) is 8.97 Å². The Bertz CT molecular complexity index is 2740. The highest BCUT2D eigenvalue weighted by molar-refractivity contribution is 8.00. The molecule has 9 aromatic rings. The average Bonchev–Trinajstić information content (AvgIpc) is 3.72. The molecular weight excluding hydrogens is 613 g/mol. The zero-order chi connectivity index (χ0) is 31.3. The van der Waals surface area contributed by atoms with Gasteiger partial charge in [-0.2, -0.15) is 0 Å². The Kier molecular flexibility index (Phi) is 5.60. The van der Waals surface area contributed by atoms with Crippen LogP contribution in [-0.4, -0.2) is 27.0 Å². The van der Waals surface area contributed by atoms with Gasteiger partial charge in [0.1, 0.15) is 30.9 Å². The minimum Gasteiger partial charge on any atom is -0.457 e. The van der Waals surface area contributed by atoms with Gasteiger partial charge in [-0.05, 0) is 82.5 Å². The molecule has 0 fully saturated rings. The number of rotatable bonds is 3. The molecule has 0 N–H and O–H groups in total. The van der Waals surface area contributed by atoms with E-state index in [0.29, 0.717) is 0 Å². The summed E-state index contributed by atoms with van der Waals surface area (Å²) in [4.78, 5) is 12.4. The summed E-state index contributed by atoms with van der Waals surface area (Å²) in [5.41, 5.74) is 5.21. The van der Waals surface area contributed by atoms with E-state index in [4.69, 9.17) is 14.7 Å². The van der Waals surface area contributed by atoms with Gasteiger partial charge in [-0.1, -0.05) is 67.3 Å². The number of hydrogen-bond donors (Lipinski definition) is 0. The number of ether oxygens (including phenoxy) is 1. The molecule has 47 heavy (non-hydrogen) atoms. The van der Waals surface area contributed by atoms with Crippen molar-refractivity contribution in [3.05, 3.63) is 134 Å². The lowest BCUT2D eigenvalue weighted by Crippen LogP contribution is -2.56. The largest absolute Gasteiger partial charge is 0.457 e. The van der Waals surface area contributed by atoms with Crippen molar-refractivity contribution in [1.82, 2.24) is 18.9 Å². The Hall–Kier alpha value is -5.37. The molecule has 0 spiro atoms. The fourth-order valence-corrected chi connectivity index (χ4v) is 12.9. The van der Waals surface area contributed by atoms with E-state index in [0.717, 1.165) is 50.2 Å². The van der Waals surface area contributed by atoms with Gasteiger partial charge in [-0.25, -0.2) is 9.97 Å². The van der Waals surface area contributed by atoms with Gasteiger partial charge in [0.2, 0.25) is 0 Å². The summed E-state index contributed by atoms with van der Waals surface area (Å²) in [5.74, 6) is 1.54. The van der Waals surface area contributed by atoms with E-state index in [1.54, 1.807) is 0 Å². The number of aromatic nitrogens is 4. The van der Waals surface area contributed by atoms with Crippen LogP contribution in [0.25, 0.3) is 54.9 Å². The van der Waals surface area contributed by atoms with Gasteiger partial charge in [0.05, 0.1) is 16.7 Å². The van der Waals surface area contributed by atoms with Crippen LogP contribution in [0.4, 0.5) is 0 Å². The molecular formula is C40H28N4OSSi. The first-order valence-corrected chi connectivity index (χ1v) is 19.6. The summed E-state index contributed by atoms with van der Waals surface area (Å²) in [6.07, 6.45) is 5.76. The molecule has 0 radical (unpaired) electrons. The maximum atomic E-state index is 6.58. The van der Waals surface area contributed by atoms with Crippen molar-refractivity contribution in [3.8, 4) is 17.2 Å². The number of nitrogens with zero attached hydrogens (tertiary/aromatic N) is 4. The maximum Gasteiger partial charge on any atom is 0.145 e. The number of para-hydroxylation sites is 1. The van der Waals surface area contributed by atoms with Gasteiger partial charge in [-0.15, -0.1) is 0 Å². The topological polar surface area (TPSA) is 44.4 Å². The van der Waals surface area contributed by atoms with Crippen molar-refractivity contribution in [2.24, 2.45) is 0 Å². The monoisotopic (exact) mass is 640 g/mol. The molecule has 7 heteroatoms. The van der Waals surface area contributed by atoms with Crippen LogP contribution in [0.1, 0.15) is 0 Å². The maximum absolute atomic E-state index is 6.58. The fraction of sp³-hybridized carbons (Fsp3) is 0.0500. The van der Waals surface area contributed by atoms with Crippen LogP contribution < -0.4 is 15.1 Å². The second-order valence-electron chi connectivity index (χ2n) is 12.7. The second kappa shape index (κ2) is 9.81. The molecule has 5 aromatic carbocycles. The van der Waals surface area contributed by atoms with Crippen LogP contribution in [0.2, 0.25) is 13.1 Å². The molecule has 0 saturated carbocycles. The quantitative estimate of drug-likeness (QED) is 0.143. The van der Waals surface area contributed by atoms with Crippen molar-refractivity contribution < 1.29 is 4.74 Å². The minimum atomic E-state index is -1.92. The van der Waals surface area contributed by atoms with Crippen molar-refractivity contribution in [1.29, 1.82) is 0 Å². The fourth-order valence-electron chi connectivity index (χ4n) is 7.48. The number of hydrogen-bond acceptors (Lipinski definition) is 4. The molecule has 10 rings (SSSR count). The predicted molar refractivity (Wildman–Crippen MR) is 196 cm³/mol. The Morgan fingerprint density at radius 1 is 0.574 bits per heavy atom. The van der Waals surface area contributed by atoms with E-state index in [9.17, 15) is 0 Å². The van der Waals surface area contributed by atoms with Crippen molar-refractivity contribution >= 4 is 79.5 Å². The highest BCUT2D eigenvalue weighted by atomic mass is 32.2. The highest BCUT2D eigenvalue weighted by Crippen LogP contribution is 2.39. The summed E-state index contributed by atoms with van der Waals surface area (Å²) < 4.78 is 11.0. The third-order valence-electron chi connectivity index (χ3n) is 9.72. The lowest BCUT2D eigenvalue weighted by molar-refractivity contribution is 0.483. The zero-order valence-corrected chi connectivity index (χ0v) is 27.6. The van der Waals surface area contributed by atoms with E-state index >= 15 is 0 Å². The number of imidazole rings is 1. The van der Waals surface area contributed by atoms with Crippen molar-refractivity contribution in [3.63, 3.8) is 0 Å². The van der Waals surface area contributed by atoms with E-state index in [1.165, 1.54) is 36.5 Å². The molecule has 224 valence electrons. The molecule has 5 nitrogen and oxygen atoms in total. The molecule has 0 aliphatic carbocycles. The molecule has 0 saturated heterocycles. The molecule has 1 aliphatic rings. The summed E-state index contributed by atoms with van der Waals surface area (Å²) in [6.45, 7) is 4.94. The molecule has 5 heterocycles. The Labute approximate surface area is 276 Å². The van der Waals surface area contributed by atoms with Crippen LogP contribution in [0.15, 0.2) is 144 Å². The van der Waals surface area contributed by atoms with Crippen LogP contribution in [0, 0.1) is 0 Å².